The van der Waals surface area contributed by atoms with E-state index >= 15 is 0 Å². The summed E-state index contributed by atoms with van der Waals surface area (Å²) < 4.78 is 3.41. The normalized spacial score (nSPS) is 18.9. The van der Waals surface area contributed by atoms with Crippen LogP contribution in [0.15, 0.2) is 77.3 Å². The van der Waals surface area contributed by atoms with Gasteiger partial charge in [-0.1, -0.05) is 63.9 Å². The molecular weight excluding hydrogens is 422 g/mol. The Kier molecular flexibility index (Phi) is 4.18. The minimum absolute atomic E-state index is 0.176. The smallest absolute Gasteiger partial charge is 0.204 e. The molecule has 1 N–H and O–H groups in total. The molecule has 0 unspecified atom stereocenters. The van der Waals surface area contributed by atoms with E-state index in [0.717, 1.165) is 32.9 Å². The molecule has 1 aliphatic rings. The Bertz CT molecular complexity index is 1120. The van der Waals surface area contributed by atoms with Gasteiger partial charge in [-0.05, 0) is 53.9 Å². The molecule has 0 spiro atoms. The molecule has 0 fully saturated rings. The van der Waals surface area contributed by atoms with E-state index in [1.807, 2.05) is 18.2 Å². The summed E-state index contributed by atoms with van der Waals surface area (Å²) >= 11 is 9.71. The molecule has 3 aromatic carbocycles. The van der Waals surface area contributed by atoms with Crippen LogP contribution in [0.4, 0.5) is 5.95 Å². The number of hydrogen-bond donors (Lipinski definition) is 1. The van der Waals surface area contributed by atoms with E-state index in [1.165, 1.54) is 11.1 Å². The van der Waals surface area contributed by atoms with E-state index in [9.17, 15) is 0 Å². The predicted octanol–water partition coefficient (Wildman–Crippen LogP) is 6.60. The highest BCUT2D eigenvalue weighted by atomic mass is 79.9. The van der Waals surface area contributed by atoms with Crippen molar-refractivity contribution < 1.29 is 0 Å². The molecule has 134 valence electrons. The molecule has 0 amide bonds. The Labute approximate surface area is 171 Å². The second-order valence-corrected chi connectivity index (χ2v) is 8.20. The van der Waals surface area contributed by atoms with Crippen LogP contribution in [0.1, 0.15) is 29.6 Å². The lowest BCUT2D eigenvalue weighted by Crippen LogP contribution is -2.27. The summed E-state index contributed by atoms with van der Waals surface area (Å²) in [5.74, 6) is 0.910. The van der Waals surface area contributed by atoms with Crippen molar-refractivity contribution in [1.29, 1.82) is 0 Å². The number of imidazole rings is 1. The predicted molar refractivity (Wildman–Crippen MR) is 114 cm³/mol. The number of halogens is 2. The van der Waals surface area contributed by atoms with Crippen LogP contribution in [0.3, 0.4) is 0 Å². The highest BCUT2D eigenvalue weighted by Gasteiger charge is 2.31. The van der Waals surface area contributed by atoms with Gasteiger partial charge < -0.3 is 9.88 Å². The number of fused-ring (bicyclic) bond motifs is 3. The van der Waals surface area contributed by atoms with E-state index in [1.54, 1.807) is 0 Å². The summed E-state index contributed by atoms with van der Waals surface area (Å²) in [5, 5.41) is 4.39. The zero-order chi connectivity index (χ0) is 18.4. The maximum Gasteiger partial charge on any atom is 0.204 e. The van der Waals surface area contributed by atoms with E-state index in [4.69, 9.17) is 16.6 Å². The average Bonchev–Trinajstić information content (AvgIpc) is 3.06. The molecule has 2 atom stereocenters. The summed E-state index contributed by atoms with van der Waals surface area (Å²) in [6.07, 6.45) is 0.936. The maximum atomic E-state index is 6.08. The van der Waals surface area contributed by atoms with Crippen LogP contribution in [-0.2, 0) is 0 Å². The van der Waals surface area contributed by atoms with Gasteiger partial charge in [-0.3, -0.25) is 0 Å². The Morgan fingerprint density at radius 2 is 1.78 bits per heavy atom. The summed E-state index contributed by atoms with van der Waals surface area (Å²) in [6.45, 7) is 0. The largest absolute Gasteiger partial charge is 0.349 e. The van der Waals surface area contributed by atoms with Crippen molar-refractivity contribution in [3.05, 3.63) is 93.4 Å². The molecule has 0 aliphatic carbocycles. The monoisotopic (exact) mass is 437 g/mol. The molecule has 3 nitrogen and oxygen atoms in total. The molecule has 1 aliphatic heterocycles. The molecule has 5 rings (SSSR count). The lowest BCUT2D eigenvalue weighted by Gasteiger charge is -2.33. The molecule has 4 aromatic rings. The minimum atomic E-state index is 0.176. The minimum Gasteiger partial charge on any atom is -0.349 e. The first-order valence-corrected chi connectivity index (χ1v) is 10.1. The first kappa shape index (κ1) is 16.8. The third-order valence-corrected chi connectivity index (χ3v) is 5.92. The maximum absolute atomic E-state index is 6.08. The first-order chi connectivity index (χ1) is 13.2. The Morgan fingerprint density at radius 3 is 2.59 bits per heavy atom. The summed E-state index contributed by atoms with van der Waals surface area (Å²) in [5.41, 5.74) is 4.66. The quantitative estimate of drug-likeness (QED) is 0.382. The number of nitrogens with zero attached hydrogens (tertiary/aromatic N) is 2. The molecule has 5 heteroatoms. The fraction of sp³-hybridized carbons (Fsp3) is 0.136. The molecule has 27 heavy (non-hydrogen) atoms. The fourth-order valence-electron chi connectivity index (χ4n) is 3.92. The number of rotatable bonds is 2. The van der Waals surface area contributed by atoms with Gasteiger partial charge in [-0.25, -0.2) is 4.98 Å². The molecule has 0 saturated carbocycles. The second kappa shape index (κ2) is 6.70. The van der Waals surface area contributed by atoms with Crippen LogP contribution >= 0.6 is 27.5 Å². The van der Waals surface area contributed by atoms with E-state index in [-0.39, 0.29) is 12.1 Å². The summed E-state index contributed by atoms with van der Waals surface area (Å²) in [4.78, 5) is 4.86. The first-order valence-electron chi connectivity index (χ1n) is 8.93. The van der Waals surface area contributed by atoms with Gasteiger partial charge in [0, 0.05) is 9.50 Å². The van der Waals surface area contributed by atoms with Crippen LogP contribution in [0.5, 0.6) is 0 Å². The van der Waals surface area contributed by atoms with E-state index < -0.39 is 0 Å². The Balaban J connectivity index is 1.67. The summed E-state index contributed by atoms with van der Waals surface area (Å²) in [7, 11) is 0. The van der Waals surface area contributed by atoms with Crippen LogP contribution in [0.2, 0.25) is 5.02 Å². The number of benzene rings is 3. The van der Waals surface area contributed by atoms with Crippen molar-refractivity contribution in [3.8, 4) is 0 Å². The average molecular weight is 439 g/mol. The molecular formula is C22H17BrClN3. The van der Waals surface area contributed by atoms with Crippen molar-refractivity contribution in [2.24, 2.45) is 0 Å². The van der Waals surface area contributed by atoms with Gasteiger partial charge in [-0.15, -0.1) is 0 Å². The van der Waals surface area contributed by atoms with Crippen molar-refractivity contribution >= 4 is 44.5 Å². The van der Waals surface area contributed by atoms with E-state index in [2.05, 4.69) is 80.4 Å². The third-order valence-electron chi connectivity index (χ3n) is 5.18. The standard InChI is InChI=1S/C22H17BrClN3/c23-16-5-3-4-15(12-16)21-13-19(14-8-10-17(24)11-9-14)26-22-25-18-6-1-2-7-20(18)27(21)22/h1-12,19,21H,13H2,(H,25,26)/t19-,21+/m0/s1. The van der Waals surface area contributed by atoms with Gasteiger partial charge in [0.05, 0.1) is 23.1 Å². The molecule has 0 radical (unpaired) electrons. The van der Waals surface area contributed by atoms with Gasteiger partial charge >= 0.3 is 0 Å². The summed E-state index contributed by atoms with van der Waals surface area (Å²) in [6, 6.07) is 25.3. The fourth-order valence-corrected chi connectivity index (χ4v) is 4.46. The lowest BCUT2D eigenvalue weighted by atomic mass is 9.93. The second-order valence-electron chi connectivity index (χ2n) is 6.85. The number of para-hydroxylation sites is 2. The highest BCUT2D eigenvalue weighted by molar-refractivity contribution is 9.10. The van der Waals surface area contributed by atoms with Gasteiger partial charge in [0.2, 0.25) is 5.95 Å². The zero-order valence-corrected chi connectivity index (χ0v) is 16.8. The Morgan fingerprint density at radius 1 is 0.963 bits per heavy atom. The van der Waals surface area contributed by atoms with Crippen molar-refractivity contribution in [2.75, 3.05) is 5.32 Å². The lowest BCUT2D eigenvalue weighted by molar-refractivity contribution is 0.477. The van der Waals surface area contributed by atoms with Gasteiger partial charge in [0.15, 0.2) is 0 Å². The number of hydrogen-bond acceptors (Lipinski definition) is 2. The molecule has 2 heterocycles. The third kappa shape index (κ3) is 3.03. The SMILES string of the molecule is Clc1ccc([C@@H]2C[C@H](c3cccc(Br)c3)n3c(nc4ccccc43)N2)cc1. The number of aromatic nitrogens is 2. The molecule has 0 bridgehead atoms. The van der Waals surface area contributed by atoms with Crippen LogP contribution in [-0.4, -0.2) is 9.55 Å². The number of anilines is 1. The van der Waals surface area contributed by atoms with Crippen molar-refractivity contribution in [1.82, 2.24) is 9.55 Å². The van der Waals surface area contributed by atoms with Crippen LogP contribution in [0, 0.1) is 0 Å². The van der Waals surface area contributed by atoms with Crippen molar-refractivity contribution in [2.45, 2.75) is 18.5 Å². The molecule has 0 saturated heterocycles. The molecule has 1 aromatic heterocycles. The highest BCUT2D eigenvalue weighted by Crippen LogP contribution is 2.41. The van der Waals surface area contributed by atoms with Crippen LogP contribution in [0.25, 0.3) is 11.0 Å². The Hall–Kier alpha value is -2.30. The zero-order valence-electron chi connectivity index (χ0n) is 14.4. The van der Waals surface area contributed by atoms with Gasteiger partial charge in [-0.2, -0.15) is 0 Å². The van der Waals surface area contributed by atoms with Gasteiger partial charge in [0.1, 0.15) is 0 Å². The van der Waals surface area contributed by atoms with Crippen LogP contribution < -0.4 is 5.32 Å². The number of nitrogens with one attached hydrogen (secondary N) is 1. The topological polar surface area (TPSA) is 29.9 Å². The van der Waals surface area contributed by atoms with Gasteiger partial charge in [0.25, 0.3) is 0 Å². The van der Waals surface area contributed by atoms with E-state index in [0.29, 0.717) is 0 Å². The van der Waals surface area contributed by atoms with Crippen molar-refractivity contribution in [3.63, 3.8) is 0 Å².